The van der Waals surface area contributed by atoms with E-state index >= 15 is 0 Å². The van der Waals surface area contributed by atoms with Crippen LogP contribution >= 0.6 is 15.9 Å². The molecule has 0 saturated carbocycles. The Morgan fingerprint density at radius 1 is 1.14 bits per heavy atom. The molecule has 2 aromatic rings. The Morgan fingerprint density at radius 2 is 1.76 bits per heavy atom. The zero-order chi connectivity index (χ0) is 15.6. The van der Waals surface area contributed by atoms with Gasteiger partial charge < -0.3 is 10.4 Å². The van der Waals surface area contributed by atoms with Gasteiger partial charge in [0, 0.05) is 12.2 Å². The van der Waals surface area contributed by atoms with Crippen LogP contribution in [-0.4, -0.2) is 11.7 Å². The number of hydrogen-bond donors (Lipinski definition) is 2. The SMILES string of the molecule is Cc1cc(Br)c(F)cc1NCC(O)c1c(F)cccc1F. The molecule has 0 aliphatic rings. The van der Waals surface area contributed by atoms with Crippen molar-refractivity contribution in [2.45, 2.75) is 13.0 Å². The molecule has 6 heteroatoms. The van der Waals surface area contributed by atoms with Crippen LogP contribution in [0.4, 0.5) is 18.9 Å². The summed E-state index contributed by atoms with van der Waals surface area (Å²) >= 11 is 3.06. The number of aliphatic hydroxyl groups excluding tert-OH is 1. The van der Waals surface area contributed by atoms with Crippen LogP contribution in [0.15, 0.2) is 34.8 Å². The largest absolute Gasteiger partial charge is 0.386 e. The van der Waals surface area contributed by atoms with Gasteiger partial charge in [0.1, 0.15) is 23.6 Å². The van der Waals surface area contributed by atoms with E-state index in [-0.39, 0.29) is 6.54 Å². The van der Waals surface area contributed by atoms with Crippen molar-refractivity contribution in [3.05, 3.63) is 63.4 Å². The zero-order valence-corrected chi connectivity index (χ0v) is 12.7. The van der Waals surface area contributed by atoms with Gasteiger partial charge in [-0.15, -0.1) is 0 Å². The van der Waals surface area contributed by atoms with E-state index in [1.165, 1.54) is 12.1 Å². The minimum absolute atomic E-state index is 0.139. The molecule has 2 aromatic carbocycles. The summed E-state index contributed by atoms with van der Waals surface area (Å²) in [6.45, 7) is 1.61. The number of aryl methyl sites for hydroxylation is 1. The lowest BCUT2D eigenvalue weighted by molar-refractivity contribution is 0.181. The Labute approximate surface area is 128 Å². The number of rotatable bonds is 4. The van der Waals surface area contributed by atoms with E-state index in [2.05, 4.69) is 21.2 Å². The van der Waals surface area contributed by atoms with Crippen LogP contribution in [0.25, 0.3) is 0 Å². The maximum atomic E-state index is 13.5. The van der Waals surface area contributed by atoms with Crippen molar-refractivity contribution >= 4 is 21.6 Å². The van der Waals surface area contributed by atoms with Crippen molar-refractivity contribution in [2.75, 3.05) is 11.9 Å². The molecule has 0 radical (unpaired) electrons. The number of aliphatic hydroxyl groups is 1. The van der Waals surface area contributed by atoms with Gasteiger partial charge in [-0.3, -0.25) is 0 Å². The molecule has 1 atom stereocenters. The van der Waals surface area contributed by atoms with E-state index in [9.17, 15) is 18.3 Å². The molecule has 2 rings (SSSR count). The molecule has 0 saturated heterocycles. The molecule has 0 fully saturated rings. The van der Waals surface area contributed by atoms with Gasteiger partial charge in [-0.05, 0) is 52.7 Å². The number of hydrogen-bond acceptors (Lipinski definition) is 2. The molecule has 0 heterocycles. The van der Waals surface area contributed by atoms with Crippen LogP contribution in [0, 0.1) is 24.4 Å². The van der Waals surface area contributed by atoms with Crippen molar-refractivity contribution in [1.29, 1.82) is 0 Å². The molecule has 0 aliphatic heterocycles. The molecule has 0 aliphatic carbocycles. The highest BCUT2D eigenvalue weighted by atomic mass is 79.9. The molecular formula is C15H13BrF3NO. The Hall–Kier alpha value is -1.53. The molecule has 2 N–H and O–H groups in total. The highest BCUT2D eigenvalue weighted by Crippen LogP contribution is 2.26. The average Bonchev–Trinajstić information content (AvgIpc) is 2.41. The number of halogens is 4. The van der Waals surface area contributed by atoms with E-state index in [1.807, 2.05) is 0 Å². The fourth-order valence-corrected chi connectivity index (χ4v) is 2.43. The van der Waals surface area contributed by atoms with Gasteiger partial charge in [-0.1, -0.05) is 6.07 Å². The maximum absolute atomic E-state index is 13.5. The minimum Gasteiger partial charge on any atom is -0.386 e. The van der Waals surface area contributed by atoms with Crippen LogP contribution in [0.1, 0.15) is 17.2 Å². The summed E-state index contributed by atoms with van der Waals surface area (Å²) in [7, 11) is 0. The fourth-order valence-electron chi connectivity index (χ4n) is 1.97. The second kappa shape index (κ2) is 6.49. The van der Waals surface area contributed by atoms with Crippen molar-refractivity contribution in [1.82, 2.24) is 0 Å². The third kappa shape index (κ3) is 3.57. The number of benzene rings is 2. The number of nitrogens with one attached hydrogen (secondary N) is 1. The normalized spacial score (nSPS) is 12.3. The lowest BCUT2D eigenvalue weighted by Gasteiger charge is -2.16. The standard InChI is InChI=1S/C15H13BrF3NO/c1-8-5-9(16)12(19)6-13(8)20-7-14(21)15-10(17)3-2-4-11(15)18/h2-6,14,20-21H,7H2,1H3. The number of anilines is 1. The van der Waals surface area contributed by atoms with Gasteiger partial charge in [-0.2, -0.15) is 0 Å². The van der Waals surface area contributed by atoms with E-state index in [0.717, 1.165) is 17.7 Å². The maximum Gasteiger partial charge on any atom is 0.139 e. The summed E-state index contributed by atoms with van der Waals surface area (Å²) < 4.78 is 40.8. The first-order valence-corrected chi connectivity index (χ1v) is 7.01. The summed E-state index contributed by atoms with van der Waals surface area (Å²) in [5.41, 5.74) is 0.788. The van der Waals surface area contributed by atoms with Crippen molar-refractivity contribution in [3.63, 3.8) is 0 Å². The van der Waals surface area contributed by atoms with Crippen molar-refractivity contribution in [2.24, 2.45) is 0 Å². The Kier molecular flexibility index (Phi) is 4.90. The first-order chi connectivity index (χ1) is 9.90. The molecule has 2 nitrogen and oxygen atoms in total. The average molecular weight is 360 g/mol. The summed E-state index contributed by atoms with van der Waals surface area (Å²) in [4.78, 5) is 0. The zero-order valence-electron chi connectivity index (χ0n) is 11.1. The summed E-state index contributed by atoms with van der Waals surface area (Å²) in [6, 6.07) is 6.21. The molecule has 1 unspecified atom stereocenters. The van der Waals surface area contributed by atoms with Crippen LogP contribution in [0.3, 0.4) is 0 Å². The molecule has 0 amide bonds. The molecule has 0 aromatic heterocycles. The molecule has 0 spiro atoms. The van der Waals surface area contributed by atoms with Crippen molar-refractivity contribution in [3.8, 4) is 0 Å². The van der Waals surface area contributed by atoms with Gasteiger partial charge in [0.2, 0.25) is 0 Å². The molecule has 0 bridgehead atoms. The third-order valence-electron chi connectivity index (χ3n) is 3.09. The fraction of sp³-hybridized carbons (Fsp3) is 0.200. The Morgan fingerprint density at radius 3 is 2.38 bits per heavy atom. The predicted molar refractivity (Wildman–Crippen MR) is 78.6 cm³/mol. The first kappa shape index (κ1) is 15.9. The van der Waals surface area contributed by atoms with Gasteiger partial charge in [0.05, 0.1) is 10.0 Å². The van der Waals surface area contributed by atoms with Crippen LogP contribution < -0.4 is 5.32 Å². The predicted octanol–water partition coefficient (Wildman–Crippen LogP) is 4.32. The highest BCUT2D eigenvalue weighted by Gasteiger charge is 2.18. The third-order valence-corrected chi connectivity index (χ3v) is 3.69. The Bertz CT molecular complexity index is 643. The van der Waals surface area contributed by atoms with E-state index in [1.54, 1.807) is 13.0 Å². The molecular weight excluding hydrogens is 347 g/mol. The van der Waals surface area contributed by atoms with Gasteiger partial charge in [0.15, 0.2) is 0 Å². The van der Waals surface area contributed by atoms with Gasteiger partial charge in [0.25, 0.3) is 0 Å². The smallest absolute Gasteiger partial charge is 0.139 e. The topological polar surface area (TPSA) is 32.3 Å². The second-order valence-corrected chi connectivity index (χ2v) is 5.47. The van der Waals surface area contributed by atoms with Crippen LogP contribution in [0.5, 0.6) is 0 Å². The first-order valence-electron chi connectivity index (χ1n) is 6.21. The van der Waals surface area contributed by atoms with Crippen LogP contribution in [0.2, 0.25) is 0 Å². The summed E-state index contributed by atoms with van der Waals surface area (Å²) in [5.74, 6) is -2.10. The van der Waals surface area contributed by atoms with Crippen molar-refractivity contribution < 1.29 is 18.3 Å². The minimum atomic E-state index is -1.38. The highest BCUT2D eigenvalue weighted by molar-refractivity contribution is 9.10. The lowest BCUT2D eigenvalue weighted by atomic mass is 10.1. The Balaban J connectivity index is 2.15. The van der Waals surface area contributed by atoms with Gasteiger partial charge >= 0.3 is 0 Å². The molecule has 21 heavy (non-hydrogen) atoms. The second-order valence-electron chi connectivity index (χ2n) is 4.61. The van der Waals surface area contributed by atoms with Crippen LogP contribution in [-0.2, 0) is 0 Å². The van der Waals surface area contributed by atoms with E-state index in [0.29, 0.717) is 10.2 Å². The van der Waals surface area contributed by atoms with Gasteiger partial charge in [-0.25, -0.2) is 13.2 Å². The quantitative estimate of drug-likeness (QED) is 0.851. The van der Waals surface area contributed by atoms with E-state index in [4.69, 9.17) is 0 Å². The molecule has 112 valence electrons. The lowest BCUT2D eigenvalue weighted by Crippen LogP contribution is -2.15. The summed E-state index contributed by atoms with van der Waals surface area (Å²) in [6.07, 6.45) is -1.38. The monoisotopic (exact) mass is 359 g/mol. The van der Waals surface area contributed by atoms with E-state index < -0.39 is 29.1 Å². The summed E-state index contributed by atoms with van der Waals surface area (Å²) in [5, 5.41) is 12.7.